The molecular weight excluding hydrogens is 453 g/mol. The van der Waals surface area contributed by atoms with Gasteiger partial charge in [0.15, 0.2) is 11.2 Å². The summed E-state index contributed by atoms with van der Waals surface area (Å²) in [6, 6.07) is 24.7. The average molecular weight is 470 g/mol. The zero-order chi connectivity index (χ0) is 23.2. The van der Waals surface area contributed by atoms with Crippen LogP contribution in [-0.4, -0.2) is 16.7 Å². The van der Waals surface area contributed by atoms with Gasteiger partial charge in [-0.2, -0.15) is 10.5 Å². The molecule has 0 radical (unpaired) electrons. The van der Waals surface area contributed by atoms with Gasteiger partial charge in [-0.05, 0) is 34.9 Å². The van der Waals surface area contributed by atoms with Crippen molar-refractivity contribution in [2.75, 3.05) is 0 Å². The van der Waals surface area contributed by atoms with Crippen molar-refractivity contribution in [2.24, 2.45) is 5.41 Å². The van der Waals surface area contributed by atoms with Crippen molar-refractivity contribution in [1.82, 2.24) is 4.90 Å². The predicted molar refractivity (Wildman–Crippen MR) is 127 cm³/mol. The number of carbonyl (C=O) groups excluding carboxylic acids is 1. The van der Waals surface area contributed by atoms with Crippen molar-refractivity contribution < 1.29 is 4.79 Å². The maximum Gasteiger partial charge on any atom is 0.185 e. The van der Waals surface area contributed by atoms with Gasteiger partial charge in [-0.3, -0.25) is 4.79 Å². The number of rotatable bonds is 3. The summed E-state index contributed by atoms with van der Waals surface area (Å²) in [5.41, 5.74) is 1.26. The summed E-state index contributed by atoms with van der Waals surface area (Å²) in [4.78, 5) is 15.8. The zero-order valence-corrected chi connectivity index (χ0v) is 18.8. The molecule has 0 aromatic heterocycles. The van der Waals surface area contributed by atoms with Crippen LogP contribution in [0.25, 0.3) is 6.08 Å². The number of hydrogen-bond acceptors (Lipinski definition) is 4. The van der Waals surface area contributed by atoms with Crippen LogP contribution in [0, 0.1) is 28.1 Å². The first-order chi connectivity index (χ1) is 16.0. The van der Waals surface area contributed by atoms with Gasteiger partial charge in [-0.1, -0.05) is 83.9 Å². The van der Waals surface area contributed by atoms with Crippen LogP contribution in [0.3, 0.4) is 0 Å². The summed E-state index contributed by atoms with van der Waals surface area (Å²) < 4.78 is 0. The lowest BCUT2D eigenvalue weighted by molar-refractivity contribution is 0.0875. The fourth-order valence-electron chi connectivity index (χ4n) is 5.17. The third-order valence-corrected chi connectivity index (χ3v) is 7.13. The van der Waals surface area contributed by atoms with E-state index in [2.05, 4.69) is 12.1 Å². The molecule has 6 heteroatoms. The number of Topliss-reactive ketones (excluding diaryl/α,β-unsaturated/α-hetero) is 1. The van der Waals surface area contributed by atoms with Gasteiger partial charge in [0.2, 0.25) is 0 Å². The van der Waals surface area contributed by atoms with Crippen molar-refractivity contribution in [1.29, 1.82) is 10.5 Å². The maximum atomic E-state index is 13.9. The van der Waals surface area contributed by atoms with Gasteiger partial charge in [0.1, 0.15) is 6.04 Å². The molecule has 0 saturated carbocycles. The van der Waals surface area contributed by atoms with Crippen LogP contribution < -0.4 is 0 Å². The predicted octanol–water partition coefficient (Wildman–Crippen LogP) is 6.40. The van der Waals surface area contributed by atoms with E-state index >= 15 is 0 Å². The molecular formula is C27H17Cl2N3O. The lowest BCUT2D eigenvalue weighted by atomic mass is 9.67. The highest BCUT2D eigenvalue weighted by molar-refractivity contribution is 6.35. The number of nitriles is 2. The van der Waals surface area contributed by atoms with E-state index in [1.807, 2.05) is 47.5 Å². The number of benzene rings is 3. The second-order valence-electron chi connectivity index (χ2n) is 8.21. The van der Waals surface area contributed by atoms with Crippen LogP contribution in [0.2, 0.25) is 10.0 Å². The van der Waals surface area contributed by atoms with Crippen LogP contribution in [0.4, 0.5) is 0 Å². The fraction of sp³-hybridized carbons (Fsp3) is 0.148. The van der Waals surface area contributed by atoms with Crippen molar-refractivity contribution >= 4 is 35.1 Å². The zero-order valence-electron chi connectivity index (χ0n) is 17.3. The van der Waals surface area contributed by atoms with Crippen LogP contribution in [0.15, 0.2) is 79.0 Å². The monoisotopic (exact) mass is 469 g/mol. The van der Waals surface area contributed by atoms with Gasteiger partial charge < -0.3 is 4.90 Å². The van der Waals surface area contributed by atoms with Gasteiger partial charge in [0.05, 0.1) is 18.2 Å². The molecule has 160 valence electrons. The molecule has 0 bridgehead atoms. The maximum absolute atomic E-state index is 13.9. The third-order valence-electron chi connectivity index (χ3n) is 6.57. The summed E-state index contributed by atoms with van der Waals surface area (Å²) >= 11 is 12.8. The topological polar surface area (TPSA) is 67.9 Å². The van der Waals surface area contributed by atoms with Gasteiger partial charge in [-0.25, -0.2) is 0 Å². The van der Waals surface area contributed by atoms with Crippen LogP contribution in [0.1, 0.15) is 39.0 Å². The lowest BCUT2D eigenvalue weighted by Gasteiger charge is -2.34. The van der Waals surface area contributed by atoms with Crippen molar-refractivity contribution in [2.45, 2.75) is 18.0 Å². The first-order valence-electron chi connectivity index (χ1n) is 10.4. The largest absolute Gasteiger partial charge is 0.357 e. The normalized spacial score (nSPS) is 22.1. The third kappa shape index (κ3) is 3.15. The highest BCUT2D eigenvalue weighted by Gasteiger charge is 2.64. The Kier molecular flexibility index (Phi) is 5.22. The van der Waals surface area contributed by atoms with E-state index in [9.17, 15) is 15.3 Å². The molecule has 0 N–H and O–H groups in total. The Labute approximate surface area is 201 Å². The molecule has 0 spiro atoms. The molecule has 2 aliphatic rings. The Morgan fingerprint density at radius 1 is 0.909 bits per heavy atom. The van der Waals surface area contributed by atoms with E-state index in [0.29, 0.717) is 21.2 Å². The minimum atomic E-state index is -1.56. The molecule has 5 rings (SSSR count). The number of ketones is 1. The van der Waals surface area contributed by atoms with Crippen molar-refractivity contribution in [3.8, 4) is 12.1 Å². The molecule has 2 heterocycles. The first kappa shape index (κ1) is 21.3. The molecule has 4 nitrogen and oxygen atoms in total. The smallest absolute Gasteiger partial charge is 0.185 e. The minimum absolute atomic E-state index is 0.173. The molecule has 1 fully saturated rings. The molecule has 3 aromatic rings. The minimum Gasteiger partial charge on any atom is -0.357 e. The van der Waals surface area contributed by atoms with Gasteiger partial charge >= 0.3 is 0 Å². The van der Waals surface area contributed by atoms with Gasteiger partial charge in [0.25, 0.3) is 0 Å². The summed E-state index contributed by atoms with van der Waals surface area (Å²) in [5, 5.41) is 21.8. The molecule has 0 amide bonds. The second kappa shape index (κ2) is 8.09. The van der Waals surface area contributed by atoms with Crippen LogP contribution in [0.5, 0.6) is 0 Å². The quantitative estimate of drug-likeness (QED) is 0.415. The number of fused-ring (bicyclic) bond motifs is 3. The highest BCUT2D eigenvalue weighted by atomic mass is 35.5. The average Bonchev–Trinajstić information content (AvgIpc) is 3.15. The van der Waals surface area contributed by atoms with Crippen molar-refractivity contribution in [3.05, 3.63) is 111 Å². The van der Waals surface area contributed by atoms with Crippen molar-refractivity contribution in [3.63, 3.8) is 0 Å². The standard InChI is InChI=1S/C27H17Cl2N3O/c28-19-10-11-21(22(29)14-19)23-24(25(33)18-7-2-1-3-8-18)32-13-12-17-6-4-5-9-20(17)26(32)27(23,15-30)16-31/h1-14,23-24,26H/t23-,24+,26-/m1/s1. The molecule has 3 atom stereocenters. The van der Waals surface area contributed by atoms with E-state index < -0.39 is 23.4 Å². The van der Waals surface area contributed by atoms with E-state index in [1.165, 1.54) is 0 Å². The summed E-state index contributed by atoms with van der Waals surface area (Å²) in [7, 11) is 0. The Morgan fingerprint density at radius 3 is 2.30 bits per heavy atom. The second-order valence-corrected chi connectivity index (χ2v) is 9.05. The number of hydrogen-bond donors (Lipinski definition) is 0. The summed E-state index contributed by atoms with van der Waals surface area (Å²) in [6.07, 6.45) is 3.74. The Hall–Kier alpha value is -3.57. The van der Waals surface area contributed by atoms with E-state index in [-0.39, 0.29) is 5.78 Å². The number of carbonyl (C=O) groups is 1. The van der Waals surface area contributed by atoms with E-state index in [4.69, 9.17) is 23.2 Å². The molecule has 0 unspecified atom stereocenters. The number of nitrogens with zero attached hydrogens (tertiary/aromatic N) is 3. The lowest BCUT2D eigenvalue weighted by Crippen LogP contribution is -2.37. The Balaban J connectivity index is 1.80. The SMILES string of the molecule is N#CC1(C#N)[C@H](c2ccc(Cl)cc2Cl)[C@@H](C(=O)c2ccccc2)N2C=Cc3ccccc3[C@@H]21. The first-order valence-corrected chi connectivity index (χ1v) is 11.2. The molecule has 1 saturated heterocycles. The Bertz CT molecular complexity index is 1360. The highest BCUT2D eigenvalue weighted by Crippen LogP contribution is 2.60. The van der Waals surface area contributed by atoms with Crippen LogP contribution >= 0.6 is 23.2 Å². The fourth-order valence-corrected chi connectivity index (χ4v) is 5.69. The molecule has 2 aliphatic heterocycles. The number of halogens is 2. The molecule has 3 aromatic carbocycles. The van der Waals surface area contributed by atoms with E-state index in [1.54, 1.807) is 42.5 Å². The van der Waals surface area contributed by atoms with Gasteiger partial charge in [-0.15, -0.1) is 0 Å². The van der Waals surface area contributed by atoms with Gasteiger partial charge in [0, 0.05) is 27.7 Å². The Morgan fingerprint density at radius 2 is 1.61 bits per heavy atom. The summed E-state index contributed by atoms with van der Waals surface area (Å²) in [5.74, 6) is -0.973. The molecule has 33 heavy (non-hydrogen) atoms. The van der Waals surface area contributed by atoms with E-state index in [0.717, 1.165) is 11.1 Å². The molecule has 0 aliphatic carbocycles. The summed E-state index contributed by atoms with van der Waals surface area (Å²) in [6.45, 7) is 0. The van der Waals surface area contributed by atoms with Crippen LogP contribution in [-0.2, 0) is 0 Å².